The van der Waals surface area contributed by atoms with Crippen LogP contribution in [0.3, 0.4) is 0 Å². The van der Waals surface area contributed by atoms with Gasteiger partial charge in [-0.2, -0.15) is 0 Å². The Bertz CT molecular complexity index is 767. The van der Waals surface area contributed by atoms with Crippen molar-refractivity contribution >= 4 is 12.2 Å². The van der Waals surface area contributed by atoms with Crippen LogP contribution in [0, 0.1) is 0 Å². The fourth-order valence-electron chi connectivity index (χ4n) is 2.95. The van der Waals surface area contributed by atoms with Crippen LogP contribution in [0.5, 0.6) is 0 Å². The first-order chi connectivity index (χ1) is 11.7. The van der Waals surface area contributed by atoms with Crippen molar-refractivity contribution in [2.24, 2.45) is 5.16 Å². The second-order valence-electron chi connectivity index (χ2n) is 5.88. The fourth-order valence-corrected chi connectivity index (χ4v) is 2.95. The lowest BCUT2D eigenvalue weighted by Crippen LogP contribution is -2.09. The number of fused-ring (bicyclic) bond motifs is 2. The van der Waals surface area contributed by atoms with Gasteiger partial charge in [0, 0.05) is 0 Å². The summed E-state index contributed by atoms with van der Waals surface area (Å²) < 4.78 is 4.77. The lowest BCUT2D eigenvalue weighted by Gasteiger charge is -2.21. The summed E-state index contributed by atoms with van der Waals surface area (Å²) in [5.41, 5.74) is 6.53. The van der Waals surface area contributed by atoms with E-state index in [0.29, 0.717) is 6.61 Å². The zero-order valence-corrected chi connectivity index (χ0v) is 14.0. The summed E-state index contributed by atoms with van der Waals surface area (Å²) in [6, 6.07) is 15.0. The molecule has 0 saturated heterocycles. The Labute approximate surface area is 142 Å². The zero-order valence-electron chi connectivity index (χ0n) is 14.0. The summed E-state index contributed by atoms with van der Waals surface area (Å²) in [5, 5.41) is 3.71. The molecule has 3 rings (SSSR count). The number of hydrogen-bond acceptors (Lipinski definition) is 4. The van der Waals surface area contributed by atoms with E-state index in [1.54, 1.807) is 6.92 Å². The standard InChI is InChI=1S/C20H21NO3/c1-3-23-20(22)13-21-24-14(2)15-8-9-18-11-16-6-4-5-7-17(16)12-19(18)10-15/h4-10,13-14H,3,11-12H2,1-2H3. The van der Waals surface area contributed by atoms with Gasteiger partial charge >= 0.3 is 5.97 Å². The lowest BCUT2D eigenvalue weighted by molar-refractivity contribution is -0.134. The van der Waals surface area contributed by atoms with E-state index in [1.165, 1.54) is 22.3 Å². The third-order valence-electron chi connectivity index (χ3n) is 4.24. The van der Waals surface area contributed by atoms with Crippen molar-refractivity contribution < 1.29 is 14.4 Å². The fraction of sp³-hybridized carbons (Fsp3) is 0.300. The van der Waals surface area contributed by atoms with Crippen molar-refractivity contribution in [1.29, 1.82) is 0 Å². The Morgan fingerprint density at radius 3 is 2.50 bits per heavy atom. The summed E-state index contributed by atoms with van der Waals surface area (Å²) in [6.45, 7) is 3.99. The first-order valence-electron chi connectivity index (χ1n) is 8.21. The van der Waals surface area contributed by atoms with Crippen LogP contribution in [0.25, 0.3) is 0 Å². The number of ether oxygens (including phenoxy) is 1. The van der Waals surface area contributed by atoms with E-state index in [4.69, 9.17) is 9.57 Å². The molecule has 1 unspecified atom stereocenters. The van der Waals surface area contributed by atoms with Gasteiger partial charge in [0.1, 0.15) is 6.10 Å². The van der Waals surface area contributed by atoms with Gasteiger partial charge < -0.3 is 9.57 Å². The molecule has 0 aromatic heterocycles. The van der Waals surface area contributed by atoms with Gasteiger partial charge in [0.05, 0.1) is 6.61 Å². The average Bonchev–Trinajstić information content (AvgIpc) is 2.59. The topological polar surface area (TPSA) is 47.9 Å². The quantitative estimate of drug-likeness (QED) is 0.407. The zero-order chi connectivity index (χ0) is 16.9. The second kappa shape index (κ2) is 7.30. The molecular formula is C20H21NO3. The number of carbonyl (C=O) groups excluding carboxylic acids is 1. The van der Waals surface area contributed by atoms with Gasteiger partial charge in [-0.3, -0.25) is 0 Å². The highest BCUT2D eigenvalue weighted by molar-refractivity contribution is 6.22. The Balaban J connectivity index is 1.69. The van der Waals surface area contributed by atoms with Crippen LogP contribution >= 0.6 is 0 Å². The highest BCUT2D eigenvalue weighted by Crippen LogP contribution is 2.29. The van der Waals surface area contributed by atoms with Crippen molar-refractivity contribution in [3.8, 4) is 0 Å². The summed E-state index contributed by atoms with van der Waals surface area (Å²) >= 11 is 0. The monoisotopic (exact) mass is 323 g/mol. The van der Waals surface area contributed by atoms with Crippen molar-refractivity contribution in [2.75, 3.05) is 6.61 Å². The number of benzene rings is 2. The number of oxime groups is 1. The molecule has 24 heavy (non-hydrogen) atoms. The number of carbonyl (C=O) groups is 1. The smallest absolute Gasteiger partial charge is 0.352 e. The van der Waals surface area contributed by atoms with Gasteiger partial charge in [0.25, 0.3) is 0 Å². The Morgan fingerprint density at radius 1 is 1.12 bits per heavy atom. The molecule has 1 aliphatic rings. The van der Waals surface area contributed by atoms with Crippen molar-refractivity contribution in [1.82, 2.24) is 0 Å². The maximum absolute atomic E-state index is 11.2. The first-order valence-corrected chi connectivity index (χ1v) is 8.21. The molecule has 0 radical (unpaired) electrons. The van der Waals surface area contributed by atoms with E-state index in [1.807, 2.05) is 6.92 Å². The molecule has 0 fully saturated rings. The minimum Gasteiger partial charge on any atom is -0.462 e. The van der Waals surface area contributed by atoms with E-state index in [9.17, 15) is 4.79 Å². The minimum atomic E-state index is -0.494. The molecule has 0 aliphatic heterocycles. The largest absolute Gasteiger partial charge is 0.462 e. The van der Waals surface area contributed by atoms with Crippen LogP contribution in [0.4, 0.5) is 0 Å². The third-order valence-corrected chi connectivity index (χ3v) is 4.24. The summed E-state index contributed by atoms with van der Waals surface area (Å²) in [7, 11) is 0. The summed E-state index contributed by atoms with van der Waals surface area (Å²) in [6.07, 6.45) is 2.76. The van der Waals surface area contributed by atoms with Gasteiger partial charge in [0.2, 0.25) is 0 Å². The number of rotatable bonds is 5. The Morgan fingerprint density at radius 2 is 1.79 bits per heavy atom. The lowest BCUT2D eigenvalue weighted by atomic mass is 9.85. The van der Waals surface area contributed by atoms with Gasteiger partial charge in [-0.25, -0.2) is 4.79 Å². The molecule has 0 saturated carbocycles. The molecule has 4 heteroatoms. The Kier molecular flexibility index (Phi) is 4.94. The average molecular weight is 323 g/mol. The molecule has 2 aromatic rings. The molecular weight excluding hydrogens is 302 g/mol. The molecule has 0 bridgehead atoms. The first kappa shape index (κ1) is 16.2. The molecule has 0 spiro atoms. The van der Waals surface area contributed by atoms with Crippen LogP contribution in [0.15, 0.2) is 47.6 Å². The van der Waals surface area contributed by atoms with E-state index < -0.39 is 5.97 Å². The van der Waals surface area contributed by atoms with E-state index in [2.05, 4.69) is 47.6 Å². The second-order valence-corrected chi connectivity index (χ2v) is 5.88. The van der Waals surface area contributed by atoms with Crippen LogP contribution in [-0.4, -0.2) is 18.8 Å². The van der Waals surface area contributed by atoms with Gasteiger partial charge in [-0.1, -0.05) is 47.6 Å². The number of esters is 1. The number of nitrogens with zero attached hydrogens (tertiary/aromatic N) is 1. The SMILES string of the molecule is CCOC(=O)C=NOC(C)c1ccc2c(c1)Cc1ccccc1C2. The minimum absolute atomic E-state index is 0.224. The normalized spacial score (nSPS) is 13.9. The third kappa shape index (κ3) is 3.65. The summed E-state index contributed by atoms with van der Waals surface area (Å²) in [4.78, 5) is 16.6. The molecule has 0 heterocycles. The number of hydrogen-bond donors (Lipinski definition) is 0. The molecule has 0 amide bonds. The van der Waals surface area contributed by atoms with Gasteiger partial charge in [-0.05, 0) is 54.5 Å². The van der Waals surface area contributed by atoms with Crippen molar-refractivity contribution in [3.05, 3.63) is 70.3 Å². The predicted molar refractivity (Wildman–Crippen MR) is 93.1 cm³/mol. The maximum Gasteiger partial charge on any atom is 0.352 e. The highest BCUT2D eigenvalue weighted by atomic mass is 16.6. The highest BCUT2D eigenvalue weighted by Gasteiger charge is 2.16. The molecule has 1 aliphatic carbocycles. The molecule has 1 atom stereocenters. The molecule has 124 valence electrons. The Hall–Kier alpha value is -2.62. The van der Waals surface area contributed by atoms with E-state index in [-0.39, 0.29) is 6.10 Å². The van der Waals surface area contributed by atoms with Crippen molar-refractivity contribution in [2.45, 2.75) is 32.8 Å². The van der Waals surface area contributed by atoms with Gasteiger partial charge in [0.15, 0.2) is 6.21 Å². The van der Waals surface area contributed by atoms with Crippen LogP contribution in [-0.2, 0) is 27.2 Å². The predicted octanol–water partition coefficient (Wildman–Crippen LogP) is 3.81. The molecule has 0 N–H and O–H groups in total. The van der Waals surface area contributed by atoms with Gasteiger partial charge in [-0.15, -0.1) is 0 Å². The van der Waals surface area contributed by atoms with Crippen molar-refractivity contribution in [3.63, 3.8) is 0 Å². The molecule has 4 nitrogen and oxygen atoms in total. The summed E-state index contributed by atoms with van der Waals surface area (Å²) in [5.74, 6) is -0.494. The van der Waals surface area contributed by atoms with Crippen LogP contribution in [0.2, 0.25) is 0 Å². The molecule has 2 aromatic carbocycles. The van der Waals surface area contributed by atoms with E-state index in [0.717, 1.165) is 24.6 Å². The van der Waals surface area contributed by atoms with Crippen LogP contribution in [0.1, 0.15) is 47.8 Å². The van der Waals surface area contributed by atoms with Crippen LogP contribution < -0.4 is 0 Å². The van der Waals surface area contributed by atoms with E-state index >= 15 is 0 Å². The maximum atomic E-state index is 11.2.